The second kappa shape index (κ2) is 8.14. The first kappa shape index (κ1) is 14.9. The smallest absolute Gasteiger partial charge is 0.326 e. The molecule has 0 unspecified atom stereocenters. The average molecular weight is 243 g/mol. The number of Topliss-reactive ketones (excluding diaryl/α,β-unsaturated/α-hetero) is 1. The van der Waals surface area contributed by atoms with Crippen LogP contribution in [-0.2, 0) is 14.4 Å². The van der Waals surface area contributed by atoms with Gasteiger partial charge in [-0.25, -0.2) is 4.79 Å². The SMILES string of the molecule is [N-]=[N+]=CC(=O)CC[C@H](NC(=O)CCO)C(=O)O. The Bertz CT molecular complexity index is 349. The van der Waals surface area contributed by atoms with Gasteiger partial charge in [0, 0.05) is 12.8 Å². The van der Waals surface area contributed by atoms with Crippen molar-refractivity contribution in [2.75, 3.05) is 6.61 Å². The van der Waals surface area contributed by atoms with Crippen LogP contribution in [0.1, 0.15) is 19.3 Å². The third-order valence-electron chi connectivity index (χ3n) is 1.85. The molecule has 0 fully saturated rings. The number of carboxylic acid groups (broad SMARTS) is 1. The lowest BCUT2D eigenvalue weighted by atomic mass is 10.1. The molecule has 0 rings (SSSR count). The van der Waals surface area contributed by atoms with Crippen LogP contribution in [0.25, 0.3) is 5.53 Å². The molecule has 0 aliphatic carbocycles. The van der Waals surface area contributed by atoms with E-state index in [0.29, 0.717) is 6.21 Å². The number of nitrogens with one attached hydrogen (secondary N) is 1. The van der Waals surface area contributed by atoms with Gasteiger partial charge in [-0.3, -0.25) is 9.59 Å². The lowest BCUT2D eigenvalue weighted by Gasteiger charge is -2.12. The summed E-state index contributed by atoms with van der Waals surface area (Å²) in [4.78, 5) is 35.2. The summed E-state index contributed by atoms with van der Waals surface area (Å²) in [6.45, 7) is -0.381. The Morgan fingerprint density at radius 1 is 1.35 bits per heavy atom. The fraction of sp³-hybridized carbons (Fsp3) is 0.556. The van der Waals surface area contributed by atoms with Crippen molar-refractivity contribution < 1.29 is 29.4 Å². The standard InChI is InChI=1S/C9H13N3O5/c10-11-5-6(14)1-2-7(9(16)17)12-8(15)3-4-13/h5,7,13H,1-4H2,(H,12,15)(H,16,17)/t7-/m0/s1. The zero-order chi connectivity index (χ0) is 13.3. The van der Waals surface area contributed by atoms with Gasteiger partial charge >= 0.3 is 12.2 Å². The monoisotopic (exact) mass is 243 g/mol. The predicted molar refractivity (Wildman–Crippen MR) is 55.2 cm³/mol. The normalized spacial score (nSPS) is 11.1. The molecule has 3 N–H and O–H groups in total. The van der Waals surface area contributed by atoms with Crippen LogP contribution in [0.2, 0.25) is 0 Å². The number of nitrogens with zero attached hydrogens (tertiary/aromatic N) is 2. The number of rotatable bonds is 8. The van der Waals surface area contributed by atoms with E-state index in [0.717, 1.165) is 0 Å². The quantitative estimate of drug-likeness (QED) is 0.273. The third kappa shape index (κ3) is 6.93. The van der Waals surface area contributed by atoms with E-state index in [-0.39, 0.29) is 25.9 Å². The zero-order valence-electron chi connectivity index (χ0n) is 9.00. The van der Waals surface area contributed by atoms with Crippen LogP contribution in [0.3, 0.4) is 0 Å². The number of ketones is 1. The summed E-state index contributed by atoms with van der Waals surface area (Å²) in [5.41, 5.74) is 8.06. The molecule has 8 nitrogen and oxygen atoms in total. The van der Waals surface area contributed by atoms with Crippen molar-refractivity contribution in [2.24, 2.45) is 0 Å². The van der Waals surface area contributed by atoms with E-state index in [1.54, 1.807) is 0 Å². The number of hydrogen-bond acceptors (Lipinski definition) is 4. The summed E-state index contributed by atoms with van der Waals surface area (Å²) in [7, 11) is 0. The van der Waals surface area contributed by atoms with Crippen LogP contribution in [0.15, 0.2) is 0 Å². The number of aliphatic carboxylic acids is 1. The van der Waals surface area contributed by atoms with Crippen molar-refractivity contribution in [3.05, 3.63) is 5.53 Å². The van der Waals surface area contributed by atoms with Crippen LogP contribution in [0.5, 0.6) is 0 Å². The number of aliphatic hydroxyl groups is 1. The van der Waals surface area contributed by atoms with Crippen molar-refractivity contribution in [1.82, 2.24) is 5.32 Å². The number of hydrogen-bond donors (Lipinski definition) is 3. The number of amides is 1. The summed E-state index contributed by atoms with van der Waals surface area (Å²) < 4.78 is 0. The van der Waals surface area contributed by atoms with Gasteiger partial charge in [0.2, 0.25) is 11.7 Å². The minimum atomic E-state index is -1.27. The topological polar surface area (TPSA) is 140 Å². The third-order valence-corrected chi connectivity index (χ3v) is 1.85. The second-order valence-corrected chi connectivity index (χ2v) is 3.18. The van der Waals surface area contributed by atoms with Crippen LogP contribution in [0, 0.1) is 0 Å². The molecular formula is C9H13N3O5. The maximum absolute atomic E-state index is 11.0. The minimum absolute atomic E-state index is 0.114. The van der Waals surface area contributed by atoms with E-state index in [2.05, 4.69) is 10.1 Å². The van der Waals surface area contributed by atoms with Gasteiger partial charge in [-0.1, -0.05) is 0 Å². The van der Waals surface area contributed by atoms with Gasteiger partial charge in [-0.15, -0.1) is 0 Å². The Labute approximate surface area is 96.9 Å². The Hall–Kier alpha value is -2.05. The van der Waals surface area contributed by atoms with Gasteiger partial charge in [-0.05, 0) is 6.42 Å². The van der Waals surface area contributed by atoms with Crippen molar-refractivity contribution in [2.45, 2.75) is 25.3 Å². The molecule has 1 atom stereocenters. The highest BCUT2D eigenvalue weighted by Gasteiger charge is 2.20. The predicted octanol–water partition coefficient (Wildman–Crippen LogP) is -1.41. The molecule has 0 saturated carbocycles. The summed E-state index contributed by atoms with van der Waals surface area (Å²) in [5.74, 6) is -2.43. The van der Waals surface area contributed by atoms with E-state index in [9.17, 15) is 14.4 Å². The van der Waals surface area contributed by atoms with Gasteiger partial charge < -0.3 is 21.1 Å². The van der Waals surface area contributed by atoms with E-state index >= 15 is 0 Å². The number of carbonyl (C=O) groups is 3. The Morgan fingerprint density at radius 2 is 2.00 bits per heavy atom. The molecule has 0 aliphatic rings. The van der Waals surface area contributed by atoms with Crippen molar-refractivity contribution >= 4 is 23.9 Å². The highest BCUT2D eigenvalue weighted by Crippen LogP contribution is 1.99. The highest BCUT2D eigenvalue weighted by molar-refractivity contribution is 6.25. The van der Waals surface area contributed by atoms with Crippen LogP contribution in [-0.4, -0.2) is 51.5 Å². The largest absolute Gasteiger partial charge is 0.480 e. The van der Waals surface area contributed by atoms with Crippen LogP contribution in [0.4, 0.5) is 0 Å². The number of aliphatic hydroxyl groups excluding tert-OH is 1. The molecule has 0 aromatic heterocycles. The summed E-state index contributed by atoms with van der Waals surface area (Å²) in [6.07, 6.45) is 0.183. The molecule has 0 spiro atoms. The molecule has 94 valence electrons. The molecule has 1 amide bonds. The van der Waals surface area contributed by atoms with Crippen LogP contribution >= 0.6 is 0 Å². The number of carboxylic acids is 1. The molecule has 0 heterocycles. The first-order chi connectivity index (χ1) is 8.01. The fourth-order valence-electron chi connectivity index (χ4n) is 1.04. The second-order valence-electron chi connectivity index (χ2n) is 3.18. The van der Waals surface area contributed by atoms with Gasteiger partial charge in [0.05, 0.1) is 6.61 Å². The average Bonchev–Trinajstić information content (AvgIpc) is 2.24. The van der Waals surface area contributed by atoms with Gasteiger partial charge in [0.25, 0.3) is 0 Å². The van der Waals surface area contributed by atoms with E-state index in [1.165, 1.54) is 0 Å². The van der Waals surface area contributed by atoms with Crippen LogP contribution < -0.4 is 5.32 Å². The summed E-state index contributed by atoms with van der Waals surface area (Å²) >= 11 is 0. The lowest BCUT2D eigenvalue weighted by molar-refractivity contribution is -0.142. The van der Waals surface area contributed by atoms with Crippen molar-refractivity contribution in [3.63, 3.8) is 0 Å². The Morgan fingerprint density at radius 3 is 2.47 bits per heavy atom. The Balaban J connectivity index is 4.25. The molecular weight excluding hydrogens is 230 g/mol. The molecule has 0 bridgehead atoms. The lowest BCUT2D eigenvalue weighted by Crippen LogP contribution is -2.41. The van der Waals surface area contributed by atoms with E-state index in [1.807, 2.05) is 0 Å². The van der Waals surface area contributed by atoms with Gasteiger partial charge in [0.1, 0.15) is 6.04 Å². The zero-order valence-corrected chi connectivity index (χ0v) is 9.00. The highest BCUT2D eigenvalue weighted by atomic mass is 16.4. The molecule has 0 radical (unpaired) electrons. The van der Waals surface area contributed by atoms with Crippen molar-refractivity contribution in [3.8, 4) is 0 Å². The maximum atomic E-state index is 11.0. The molecule has 0 aliphatic heterocycles. The molecule has 0 aromatic rings. The summed E-state index contributed by atoms with van der Waals surface area (Å²) in [5, 5.41) is 19.4. The van der Waals surface area contributed by atoms with Crippen molar-refractivity contribution in [1.29, 1.82) is 0 Å². The maximum Gasteiger partial charge on any atom is 0.326 e. The van der Waals surface area contributed by atoms with E-state index in [4.69, 9.17) is 15.7 Å². The first-order valence-electron chi connectivity index (χ1n) is 4.84. The number of carbonyl (C=O) groups excluding carboxylic acids is 2. The minimum Gasteiger partial charge on any atom is -0.480 e. The molecule has 0 aromatic carbocycles. The fourth-order valence-corrected chi connectivity index (χ4v) is 1.04. The molecule has 17 heavy (non-hydrogen) atoms. The Kier molecular flexibility index (Phi) is 7.16. The van der Waals surface area contributed by atoms with Gasteiger partial charge in [-0.2, -0.15) is 4.79 Å². The van der Waals surface area contributed by atoms with E-state index < -0.39 is 23.7 Å². The molecule has 8 heteroatoms. The summed E-state index contributed by atoms with van der Waals surface area (Å²) in [6, 6.07) is -1.20. The first-order valence-corrected chi connectivity index (χ1v) is 4.84. The van der Waals surface area contributed by atoms with Gasteiger partial charge in [0.15, 0.2) is 0 Å². The molecule has 0 saturated heterocycles.